The van der Waals surface area contributed by atoms with E-state index in [0.29, 0.717) is 0 Å². The van der Waals surface area contributed by atoms with Crippen LogP contribution in [-0.4, -0.2) is 50.7 Å². The molecule has 0 spiro atoms. The minimum Gasteiger partial charge on any atom is -0.492 e. The zero-order valence-corrected chi connectivity index (χ0v) is 18.5. The summed E-state index contributed by atoms with van der Waals surface area (Å²) in [5.41, 5.74) is 1.21. The van der Waals surface area contributed by atoms with Gasteiger partial charge in [0.1, 0.15) is 12.4 Å². The van der Waals surface area contributed by atoms with E-state index in [0.717, 1.165) is 57.5 Å². The predicted molar refractivity (Wildman–Crippen MR) is 118 cm³/mol. The molecule has 144 valence electrons. The fourth-order valence-corrected chi connectivity index (χ4v) is 2.33. The second kappa shape index (κ2) is 15.3. The van der Waals surface area contributed by atoms with Gasteiger partial charge in [0.15, 0.2) is 5.96 Å². The van der Waals surface area contributed by atoms with Crippen LogP contribution in [0.5, 0.6) is 5.75 Å². The first-order valence-electron chi connectivity index (χ1n) is 9.12. The van der Waals surface area contributed by atoms with E-state index in [9.17, 15) is 0 Å². The molecule has 0 amide bonds. The van der Waals surface area contributed by atoms with E-state index in [1.807, 2.05) is 12.1 Å². The standard InChI is InChI=1S/C19H34N4O.HI/c1-5-8-13-21-19(20-4)22-16-17-9-11-18(12-10-17)24-15-14-23(6-2)7-3;/h9-12H,5-8,13-16H2,1-4H3,(H2,20,21,22);1H. The van der Waals surface area contributed by atoms with Crippen molar-refractivity contribution in [3.63, 3.8) is 0 Å². The van der Waals surface area contributed by atoms with Gasteiger partial charge in [0.05, 0.1) is 0 Å². The highest BCUT2D eigenvalue weighted by molar-refractivity contribution is 14.0. The predicted octanol–water partition coefficient (Wildman–Crippen LogP) is 3.49. The number of hydrogen-bond acceptors (Lipinski definition) is 3. The number of hydrogen-bond donors (Lipinski definition) is 2. The van der Waals surface area contributed by atoms with Gasteiger partial charge in [-0.15, -0.1) is 24.0 Å². The molecule has 2 N–H and O–H groups in total. The molecule has 0 heterocycles. The number of aliphatic imine (C=N–C) groups is 1. The molecule has 0 aliphatic rings. The van der Waals surface area contributed by atoms with Gasteiger partial charge in [0.2, 0.25) is 0 Å². The number of nitrogens with one attached hydrogen (secondary N) is 2. The van der Waals surface area contributed by atoms with Crippen LogP contribution in [0.15, 0.2) is 29.3 Å². The Morgan fingerprint density at radius 2 is 1.76 bits per heavy atom. The van der Waals surface area contributed by atoms with Crippen LogP contribution < -0.4 is 15.4 Å². The molecule has 25 heavy (non-hydrogen) atoms. The maximum atomic E-state index is 5.81. The molecule has 0 aliphatic carbocycles. The average Bonchev–Trinajstić information content (AvgIpc) is 2.63. The molecular weight excluding hydrogens is 427 g/mol. The molecule has 1 aromatic rings. The van der Waals surface area contributed by atoms with Crippen LogP contribution in [-0.2, 0) is 6.54 Å². The van der Waals surface area contributed by atoms with Crippen molar-refractivity contribution in [2.75, 3.05) is 39.8 Å². The third-order valence-corrected chi connectivity index (χ3v) is 4.00. The largest absolute Gasteiger partial charge is 0.492 e. The van der Waals surface area contributed by atoms with Crippen LogP contribution in [0.3, 0.4) is 0 Å². The van der Waals surface area contributed by atoms with Gasteiger partial charge in [-0.05, 0) is 37.2 Å². The second-order valence-electron chi connectivity index (χ2n) is 5.73. The number of guanidine groups is 1. The lowest BCUT2D eigenvalue weighted by molar-refractivity contribution is 0.223. The van der Waals surface area contributed by atoms with Gasteiger partial charge in [0.25, 0.3) is 0 Å². The summed E-state index contributed by atoms with van der Waals surface area (Å²) >= 11 is 0. The van der Waals surface area contributed by atoms with Gasteiger partial charge in [0, 0.05) is 26.7 Å². The zero-order chi connectivity index (χ0) is 17.6. The number of ether oxygens (including phenoxy) is 1. The van der Waals surface area contributed by atoms with Crippen molar-refractivity contribution in [1.82, 2.24) is 15.5 Å². The molecule has 0 saturated heterocycles. The number of nitrogens with zero attached hydrogens (tertiary/aromatic N) is 2. The third-order valence-electron chi connectivity index (χ3n) is 4.00. The summed E-state index contributed by atoms with van der Waals surface area (Å²) < 4.78 is 5.81. The molecule has 5 nitrogen and oxygen atoms in total. The zero-order valence-electron chi connectivity index (χ0n) is 16.2. The maximum Gasteiger partial charge on any atom is 0.191 e. The summed E-state index contributed by atoms with van der Waals surface area (Å²) in [6, 6.07) is 8.26. The number of unbranched alkanes of at least 4 members (excludes halogenated alkanes) is 1. The van der Waals surface area contributed by atoms with E-state index < -0.39 is 0 Å². The van der Waals surface area contributed by atoms with Gasteiger partial charge in [-0.3, -0.25) is 4.99 Å². The number of likely N-dealkylation sites (N-methyl/N-ethyl adjacent to an activating group) is 1. The van der Waals surface area contributed by atoms with Gasteiger partial charge in [-0.1, -0.05) is 39.3 Å². The Morgan fingerprint density at radius 3 is 2.32 bits per heavy atom. The van der Waals surface area contributed by atoms with Crippen molar-refractivity contribution < 1.29 is 4.74 Å². The Labute approximate surface area is 170 Å². The van der Waals surface area contributed by atoms with Gasteiger partial charge in [-0.25, -0.2) is 0 Å². The molecule has 0 radical (unpaired) electrons. The van der Waals surface area contributed by atoms with E-state index in [1.165, 1.54) is 12.0 Å². The van der Waals surface area contributed by atoms with E-state index in [4.69, 9.17) is 4.74 Å². The van der Waals surface area contributed by atoms with Crippen LogP contribution in [0, 0.1) is 0 Å². The van der Waals surface area contributed by atoms with Crippen LogP contribution in [0.2, 0.25) is 0 Å². The van der Waals surface area contributed by atoms with Crippen LogP contribution >= 0.6 is 24.0 Å². The van der Waals surface area contributed by atoms with Gasteiger partial charge in [-0.2, -0.15) is 0 Å². The van der Waals surface area contributed by atoms with Gasteiger partial charge >= 0.3 is 0 Å². The first-order valence-corrected chi connectivity index (χ1v) is 9.12. The summed E-state index contributed by atoms with van der Waals surface area (Å²) in [5.74, 6) is 1.78. The Balaban J connectivity index is 0.00000576. The molecule has 1 rings (SSSR count). The van der Waals surface area contributed by atoms with E-state index in [2.05, 4.69) is 53.4 Å². The Bertz CT molecular complexity index is 461. The summed E-state index contributed by atoms with van der Waals surface area (Å²) in [6.07, 6.45) is 2.33. The first kappa shape index (κ1) is 24.0. The number of benzene rings is 1. The van der Waals surface area contributed by atoms with Crippen molar-refractivity contribution in [2.24, 2.45) is 4.99 Å². The topological polar surface area (TPSA) is 48.9 Å². The molecule has 6 heteroatoms. The highest BCUT2D eigenvalue weighted by atomic mass is 127. The minimum atomic E-state index is 0. The summed E-state index contributed by atoms with van der Waals surface area (Å²) in [4.78, 5) is 6.59. The Hall–Kier alpha value is -1.02. The summed E-state index contributed by atoms with van der Waals surface area (Å²) in [6.45, 7) is 12.1. The van der Waals surface area contributed by atoms with Crippen molar-refractivity contribution in [3.05, 3.63) is 29.8 Å². The Morgan fingerprint density at radius 1 is 1.08 bits per heavy atom. The van der Waals surface area contributed by atoms with Crippen LogP contribution in [0.25, 0.3) is 0 Å². The molecule has 0 aromatic heterocycles. The maximum absolute atomic E-state index is 5.81. The second-order valence-corrected chi connectivity index (χ2v) is 5.73. The first-order chi connectivity index (χ1) is 11.7. The normalized spacial score (nSPS) is 11.2. The van der Waals surface area contributed by atoms with Gasteiger partial charge < -0.3 is 20.3 Å². The number of rotatable bonds is 11. The quantitative estimate of drug-likeness (QED) is 0.229. The SMILES string of the molecule is CCCCNC(=NC)NCc1ccc(OCCN(CC)CC)cc1.I. The van der Waals surface area contributed by atoms with Crippen LogP contribution in [0.4, 0.5) is 0 Å². The van der Waals surface area contributed by atoms with E-state index in [1.54, 1.807) is 7.05 Å². The minimum absolute atomic E-state index is 0. The molecule has 0 saturated carbocycles. The summed E-state index contributed by atoms with van der Waals surface area (Å²) in [7, 11) is 1.80. The molecular formula is C19H35IN4O. The lowest BCUT2D eigenvalue weighted by atomic mass is 10.2. The number of halogens is 1. The van der Waals surface area contributed by atoms with Crippen molar-refractivity contribution in [1.29, 1.82) is 0 Å². The fourth-order valence-electron chi connectivity index (χ4n) is 2.33. The van der Waals surface area contributed by atoms with Crippen molar-refractivity contribution >= 4 is 29.9 Å². The summed E-state index contributed by atoms with van der Waals surface area (Å²) in [5, 5.41) is 6.64. The van der Waals surface area contributed by atoms with E-state index in [-0.39, 0.29) is 24.0 Å². The average molecular weight is 462 g/mol. The van der Waals surface area contributed by atoms with Crippen molar-refractivity contribution in [3.8, 4) is 5.75 Å². The Kier molecular flexibility index (Phi) is 14.6. The fraction of sp³-hybridized carbons (Fsp3) is 0.632. The monoisotopic (exact) mass is 462 g/mol. The smallest absolute Gasteiger partial charge is 0.191 e. The molecule has 1 aromatic carbocycles. The van der Waals surface area contributed by atoms with Crippen LogP contribution in [0.1, 0.15) is 39.2 Å². The molecule has 0 aliphatic heterocycles. The lowest BCUT2D eigenvalue weighted by Gasteiger charge is -2.18. The molecule has 0 fully saturated rings. The third kappa shape index (κ3) is 10.5. The highest BCUT2D eigenvalue weighted by Gasteiger charge is 2.01. The lowest BCUT2D eigenvalue weighted by Crippen LogP contribution is -2.37. The van der Waals surface area contributed by atoms with E-state index >= 15 is 0 Å². The molecule has 0 unspecified atom stereocenters. The molecule has 0 atom stereocenters. The van der Waals surface area contributed by atoms with Crippen molar-refractivity contribution in [2.45, 2.75) is 40.2 Å². The highest BCUT2D eigenvalue weighted by Crippen LogP contribution is 2.12. The molecule has 0 bridgehead atoms.